The van der Waals surface area contributed by atoms with Gasteiger partial charge in [0.05, 0.1) is 33.3 Å². The molecule has 2 aliphatic rings. The Kier molecular flexibility index (Phi) is 5.72. The van der Waals surface area contributed by atoms with Crippen LogP contribution in [0.2, 0.25) is 0 Å². The zero-order chi connectivity index (χ0) is 22.5. The standard InChI is InChI=1S/C24H29N3O3S2/c1-16-12-20(17(2)27(16)19-9-11-32(29,30)15-19)22(28)14-26-10-5-6-18(13-26)24-25-21-7-3-4-8-23(21)31-24/h3-4,7-8,12,18-19H,5-6,9-11,13-15H2,1-2H3/t18-,19-/m1/s1. The summed E-state index contributed by atoms with van der Waals surface area (Å²) < 4.78 is 27.2. The molecule has 0 spiro atoms. The molecule has 0 amide bonds. The lowest BCUT2D eigenvalue weighted by molar-refractivity contribution is 0.0906. The number of rotatable bonds is 5. The van der Waals surface area contributed by atoms with Crippen molar-refractivity contribution in [3.8, 4) is 0 Å². The molecule has 8 heteroatoms. The van der Waals surface area contributed by atoms with Crippen molar-refractivity contribution in [1.29, 1.82) is 0 Å². The second kappa shape index (κ2) is 8.39. The third-order valence-corrected chi connectivity index (χ3v) is 9.84. The number of piperidine rings is 1. The third-order valence-electron chi connectivity index (χ3n) is 6.89. The highest BCUT2D eigenvalue weighted by atomic mass is 32.2. The molecule has 2 fully saturated rings. The van der Waals surface area contributed by atoms with Gasteiger partial charge in [0.1, 0.15) is 0 Å². The monoisotopic (exact) mass is 471 g/mol. The maximum absolute atomic E-state index is 13.2. The van der Waals surface area contributed by atoms with Gasteiger partial charge in [-0.05, 0) is 57.9 Å². The lowest BCUT2D eigenvalue weighted by Crippen LogP contribution is -2.38. The van der Waals surface area contributed by atoms with Crippen LogP contribution in [0.4, 0.5) is 0 Å². The molecule has 4 heterocycles. The van der Waals surface area contributed by atoms with Gasteiger partial charge in [-0.25, -0.2) is 13.4 Å². The van der Waals surface area contributed by atoms with E-state index in [4.69, 9.17) is 4.98 Å². The molecule has 1 aromatic carbocycles. The van der Waals surface area contributed by atoms with Crippen molar-refractivity contribution in [2.45, 2.75) is 45.1 Å². The molecule has 3 aromatic rings. The number of para-hydroxylation sites is 1. The highest BCUT2D eigenvalue weighted by Crippen LogP contribution is 2.33. The molecule has 0 aliphatic carbocycles. The van der Waals surface area contributed by atoms with Gasteiger partial charge < -0.3 is 4.57 Å². The first-order chi connectivity index (χ1) is 15.3. The molecule has 170 valence electrons. The fourth-order valence-corrected chi connectivity index (χ4v) is 8.15. The van der Waals surface area contributed by atoms with Crippen LogP contribution in [0.5, 0.6) is 0 Å². The number of carbonyl (C=O) groups excluding carboxylic acids is 1. The lowest BCUT2D eigenvalue weighted by atomic mass is 9.98. The van der Waals surface area contributed by atoms with Crippen LogP contribution < -0.4 is 0 Å². The first kappa shape index (κ1) is 21.8. The number of ketones is 1. The van der Waals surface area contributed by atoms with Gasteiger partial charge in [-0.15, -0.1) is 11.3 Å². The van der Waals surface area contributed by atoms with Crippen LogP contribution >= 0.6 is 11.3 Å². The van der Waals surface area contributed by atoms with E-state index in [1.165, 1.54) is 9.71 Å². The Hall–Kier alpha value is -2.03. The van der Waals surface area contributed by atoms with Gasteiger partial charge in [0, 0.05) is 35.5 Å². The number of hydrogen-bond acceptors (Lipinski definition) is 6. The van der Waals surface area contributed by atoms with Gasteiger partial charge in [-0.2, -0.15) is 0 Å². The molecule has 0 radical (unpaired) electrons. The summed E-state index contributed by atoms with van der Waals surface area (Å²) in [5.74, 6) is 0.895. The molecule has 6 nitrogen and oxygen atoms in total. The molecule has 2 aromatic heterocycles. The minimum Gasteiger partial charge on any atom is -0.344 e. The quantitative estimate of drug-likeness (QED) is 0.523. The Balaban J connectivity index is 1.30. The van der Waals surface area contributed by atoms with Crippen molar-refractivity contribution < 1.29 is 13.2 Å². The molecule has 0 unspecified atom stereocenters. The molecule has 5 rings (SSSR count). The number of hydrogen-bond donors (Lipinski definition) is 0. The van der Waals surface area contributed by atoms with Crippen LogP contribution in [0.15, 0.2) is 30.3 Å². The van der Waals surface area contributed by atoms with E-state index in [0.717, 1.165) is 48.4 Å². The number of benzene rings is 1. The van der Waals surface area contributed by atoms with E-state index in [2.05, 4.69) is 21.6 Å². The molecule has 2 saturated heterocycles. The first-order valence-electron chi connectivity index (χ1n) is 11.3. The molecule has 2 atom stereocenters. The van der Waals surface area contributed by atoms with E-state index in [0.29, 0.717) is 18.9 Å². The van der Waals surface area contributed by atoms with E-state index >= 15 is 0 Å². The summed E-state index contributed by atoms with van der Waals surface area (Å²) in [6, 6.07) is 10.1. The van der Waals surface area contributed by atoms with Gasteiger partial charge in [-0.1, -0.05) is 12.1 Å². The third kappa shape index (κ3) is 4.16. The zero-order valence-corrected chi connectivity index (χ0v) is 20.2. The normalized spacial score (nSPS) is 23.7. The van der Waals surface area contributed by atoms with Gasteiger partial charge in [0.25, 0.3) is 0 Å². The Labute approximate surface area is 193 Å². The fourth-order valence-electron chi connectivity index (χ4n) is 5.35. The predicted molar refractivity (Wildman–Crippen MR) is 129 cm³/mol. The summed E-state index contributed by atoms with van der Waals surface area (Å²) in [4.78, 5) is 20.3. The maximum atomic E-state index is 13.2. The first-order valence-corrected chi connectivity index (χ1v) is 13.9. The average molecular weight is 472 g/mol. The highest BCUT2D eigenvalue weighted by Gasteiger charge is 2.32. The van der Waals surface area contributed by atoms with Crippen molar-refractivity contribution in [1.82, 2.24) is 14.5 Å². The number of thiazole rings is 1. The number of aryl methyl sites for hydroxylation is 1. The molecule has 2 aliphatic heterocycles. The molecule has 0 bridgehead atoms. The largest absolute Gasteiger partial charge is 0.344 e. The van der Waals surface area contributed by atoms with E-state index in [-0.39, 0.29) is 23.3 Å². The Bertz CT molecular complexity index is 1240. The van der Waals surface area contributed by atoms with Crippen LogP contribution in [0, 0.1) is 13.8 Å². The SMILES string of the molecule is Cc1cc(C(=O)CN2CCC[C@@H](c3nc4ccccc4s3)C2)c(C)n1[C@@H]1CCS(=O)(=O)C1. The van der Waals surface area contributed by atoms with Gasteiger partial charge in [0.15, 0.2) is 15.6 Å². The molecular formula is C24H29N3O3S2. The van der Waals surface area contributed by atoms with Gasteiger partial charge >= 0.3 is 0 Å². The minimum atomic E-state index is -2.97. The summed E-state index contributed by atoms with van der Waals surface area (Å²) in [5, 5.41) is 1.17. The number of aromatic nitrogens is 2. The number of carbonyl (C=O) groups is 1. The van der Waals surface area contributed by atoms with Crippen LogP contribution in [0.25, 0.3) is 10.2 Å². The van der Waals surface area contributed by atoms with Crippen LogP contribution in [0.1, 0.15) is 58.0 Å². The van der Waals surface area contributed by atoms with E-state index < -0.39 is 9.84 Å². The van der Waals surface area contributed by atoms with Gasteiger partial charge in [0.2, 0.25) is 0 Å². The zero-order valence-electron chi connectivity index (χ0n) is 18.6. The number of sulfone groups is 1. The lowest BCUT2D eigenvalue weighted by Gasteiger charge is -2.31. The number of nitrogens with zero attached hydrogens (tertiary/aromatic N) is 3. The minimum absolute atomic E-state index is 0.0556. The van der Waals surface area contributed by atoms with Crippen molar-refractivity contribution in [2.24, 2.45) is 0 Å². The number of fused-ring (bicyclic) bond motifs is 1. The Morgan fingerprint density at radius 2 is 2.03 bits per heavy atom. The van der Waals surface area contributed by atoms with E-state index in [1.54, 1.807) is 11.3 Å². The van der Waals surface area contributed by atoms with Crippen LogP contribution in [-0.2, 0) is 9.84 Å². The van der Waals surface area contributed by atoms with Crippen LogP contribution in [0.3, 0.4) is 0 Å². The predicted octanol–water partition coefficient (Wildman–Crippen LogP) is 4.14. The summed E-state index contributed by atoms with van der Waals surface area (Å²) in [6.45, 7) is 6.09. The molecule has 32 heavy (non-hydrogen) atoms. The summed E-state index contributed by atoms with van der Waals surface area (Å²) in [6.07, 6.45) is 2.80. The van der Waals surface area contributed by atoms with Crippen molar-refractivity contribution in [3.63, 3.8) is 0 Å². The second-order valence-electron chi connectivity index (χ2n) is 9.23. The number of likely N-dealkylation sites (tertiary alicyclic amines) is 1. The highest BCUT2D eigenvalue weighted by molar-refractivity contribution is 7.91. The molecule has 0 N–H and O–H groups in total. The van der Waals surface area contributed by atoms with Crippen molar-refractivity contribution in [2.75, 3.05) is 31.1 Å². The number of Topliss-reactive ketones (excluding diaryl/α,β-unsaturated/α-hetero) is 1. The summed E-state index contributed by atoms with van der Waals surface area (Å²) >= 11 is 1.77. The average Bonchev–Trinajstić information content (AvgIpc) is 3.43. The Morgan fingerprint density at radius 3 is 2.78 bits per heavy atom. The summed E-state index contributed by atoms with van der Waals surface area (Å²) in [5.41, 5.74) is 3.66. The van der Waals surface area contributed by atoms with Crippen molar-refractivity contribution >= 4 is 37.2 Å². The Morgan fingerprint density at radius 1 is 1.22 bits per heavy atom. The van der Waals surface area contributed by atoms with Crippen molar-refractivity contribution in [3.05, 3.63) is 52.3 Å². The van der Waals surface area contributed by atoms with Crippen LogP contribution in [-0.4, -0.2) is 59.8 Å². The maximum Gasteiger partial charge on any atom is 0.178 e. The molecule has 0 saturated carbocycles. The molecular weight excluding hydrogens is 442 g/mol. The van der Waals surface area contributed by atoms with E-state index in [1.807, 2.05) is 32.0 Å². The smallest absolute Gasteiger partial charge is 0.178 e. The fraction of sp³-hybridized carbons (Fsp3) is 0.500. The van der Waals surface area contributed by atoms with Gasteiger partial charge in [-0.3, -0.25) is 9.69 Å². The summed E-state index contributed by atoms with van der Waals surface area (Å²) in [7, 11) is -2.97. The van der Waals surface area contributed by atoms with E-state index in [9.17, 15) is 13.2 Å². The topological polar surface area (TPSA) is 72.3 Å². The second-order valence-corrected chi connectivity index (χ2v) is 12.5.